The van der Waals surface area contributed by atoms with Gasteiger partial charge in [-0.3, -0.25) is 0 Å². The number of aliphatic carboxylic acids is 1. The first-order valence-electron chi connectivity index (χ1n) is 8.43. The highest BCUT2D eigenvalue weighted by Gasteiger charge is 2.33. The van der Waals surface area contributed by atoms with Gasteiger partial charge in [0, 0.05) is 18.7 Å². The average molecular weight is 389 g/mol. The zero-order chi connectivity index (χ0) is 19.0. The van der Waals surface area contributed by atoms with Gasteiger partial charge in [-0.15, -0.1) is 0 Å². The molecule has 27 heavy (non-hydrogen) atoms. The average Bonchev–Trinajstić information content (AvgIpc) is 2.68. The Labute approximate surface area is 160 Å². The van der Waals surface area contributed by atoms with E-state index in [4.69, 9.17) is 16.3 Å². The van der Waals surface area contributed by atoms with Crippen LogP contribution in [-0.4, -0.2) is 65.1 Å². The number of fused-ring (bicyclic) bond motifs is 1. The van der Waals surface area contributed by atoms with Crippen molar-refractivity contribution in [3.8, 4) is 5.75 Å². The van der Waals surface area contributed by atoms with Crippen molar-refractivity contribution in [2.45, 2.75) is 6.04 Å². The van der Waals surface area contributed by atoms with Gasteiger partial charge in [-0.2, -0.15) is 0 Å². The number of carbonyl (C=O) groups is 1. The summed E-state index contributed by atoms with van der Waals surface area (Å²) >= 11 is 6.37. The normalized spacial score (nSPS) is 22.3. The van der Waals surface area contributed by atoms with Crippen molar-refractivity contribution in [3.63, 3.8) is 0 Å². The fraction of sp³-hybridized carbons (Fsp3) is 0.278. The van der Waals surface area contributed by atoms with Crippen molar-refractivity contribution >= 4 is 34.9 Å². The van der Waals surface area contributed by atoms with Gasteiger partial charge in [0.05, 0.1) is 29.6 Å². The van der Waals surface area contributed by atoms with Crippen molar-refractivity contribution in [2.24, 2.45) is 9.98 Å². The highest BCUT2D eigenvalue weighted by atomic mass is 35.5. The maximum atomic E-state index is 11.4. The Morgan fingerprint density at radius 2 is 2.11 bits per heavy atom. The van der Waals surface area contributed by atoms with Gasteiger partial charge in [0.1, 0.15) is 17.5 Å². The third-order valence-corrected chi connectivity index (χ3v) is 4.76. The standard InChI is InChI=1S/C18H17ClN4O4/c19-12-9-13(17(25)26)20-16-14(10-2-1-3-11(24)8-10)21-18(22-15(12)16)23-4-6-27-7-5-23/h1-3,8-9,15,24H,4-7H2,(H,21,22)(H,25,26). The Bertz CT molecular complexity index is 916. The second kappa shape index (κ2) is 7.05. The van der Waals surface area contributed by atoms with Crippen LogP contribution in [0.15, 0.2) is 51.1 Å². The molecule has 0 aromatic heterocycles. The first-order chi connectivity index (χ1) is 13.0. The number of nitrogens with one attached hydrogen (secondary N) is 1. The van der Waals surface area contributed by atoms with Crippen LogP contribution in [0.3, 0.4) is 0 Å². The van der Waals surface area contributed by atoms with E-state index in [1.54, 1.807) is 24.3 Å². The van der Waals surface area contributed by atoms with Gasteiger partial charge in [0.15, 0.2) is 5.96 Å². The Hall–Kier alpha value is -2.84. The summed E-state index contributed by atoms with van der Waals surface area (Å²) < 4.78 is 5.39. The van der Waals surface area contributed by atoms with Crippen LogP contribution in [0.5, 0.6) is 5.75 Å². The Kier molecular flexibility index (Phi) is 4.59. The van der Waals surface area contributed by atoms with E-state index in [0.29, 0.717) is 49.2 Å². The lowest BCUT2D eigenvalue weighted by molar-refractivity contribution is -0.129. The summed E-state index contributed by atoms with van der Waals surface area (Å²) in [6, 6.07) is 6.04. The van der Waals surface area contributed by atoms with Crippen molar-refractivity contribution < 1.29 is 19.7 Å². The van der Waals surface area contributed by atoms with E-state index in [9.17, 15) is 15.0 Å². The van der Waals surface area contributed by atoms with Crippen molar-refractivity contribution in [1.82, 2.24) is 10.2 Å². The summed E-state index contributed by atoms with van der Waals surface area (Å²) in [6.07, 6.45) is 1.32. The molecule has 0 radical (unpaired) electrons. The van der Waals surface area contributed by atoms with Crippen LogP contribution in [-0.2, 0) is 9.53 Å². The summed E-state index contributed by atoms with van der Waals surface area (Å²) in [6.45, 7) is 2.53. The Balaban J connectivity index is 1.82. The predicted molar refractivity (Wildman–Crippen MR) is 101 cm³/mol. The largest absolute Gasteiger partial charge is 0.508 e. The number of rotatable bonds is 2. The smallest absolute Gasteiger partial charge is 0.354 e. The summed E-state index contributed by atoms with van der Waals surface area (Å²) in [5.41, 5.74) is 1.48. The van der Waals surface area contributed by atoms with Crippen LogP contribution in [0.1, 0.15) is 5.56 Å². The molecular weight excluding hydrogens is 372 g/mol. The lowest BCUT2D eigenvalue weighted by Gasteiger charge is -2.35. The summed E-state index contributed by atoms with van der Waals surface area (Å²) in [5.74, 6) is -0.461. The minimum Gasteiger partial charge on any atom is -0.508 e. The maximum absolute atomic E-state index is 11.4. The molecule has 1 unspecified atom stereocenters. The number of guanidine groups is 1. The lowest BCUT2D eigenvalue weighted by atomic mass is 10.0. The van der Waals surface area contributed by atoms with Crippen LogP contribution in [0.2, 0.25) is 0 Å². The predicted octanol–water partition coefficient (Wildman–Crippen LogP) is 1.38. The van der Waals surface area contributed by atoms with Crippen molar-refractivity contribution in [1.29, 1.82) is 0 Å². The number of benzene rings is 1. The molecule has 3 aliphatic heterocycles. The topological polar surface area (TPSA) is 107 Å². The number of phenolic OH excluding ortho intramolecular Hbond substituents is 1. The molecule has 1 saturated heterocycles. The molecule has 3 heterocycles. The molecule has 1 aromatic rings. The molecule has 4 rings (SSSR count). The SMILES string of the molecule is O=C(O)C1=NC2=C(c3cccc(O)c3)NC(N3CCOCC3)=NC2C(Cl)=C1. The van der Waals surface area contributed by atoms with Gasteiger partial charge in [-0.05, 0) is 18.2 Å². The number of phenols is 1. The maximum Gasteiger partial charge on any atom is 0.354 e. The molecule has 8 nitrogen and oxygen atoms in total. The van der Waals surface area contributed by atoms with E-state index in [-0.39, 0.29) is 16.5 Å². The molecule has 3 aliphatic rings. The number of dihydropyridines is 1. The van der Waals surface area contributed by atoms with Gasteiger partial charge in [0.25, 0.3) is 0 Å². The van der Waals surface area contributed by atoms with E-state index in [0.717, 1.165) is 0 Å². The number of carboxylic acids is 1. The highest BCUT2D eigenvalue weighted by molar-refractivity contribution is 6.44. The van der Waals surface area contributed by atoms with Gasteiger partial charge < -0.3 is 25.2 Å². The summed E-state index contributed by atoms with van der Waals surface area (Å²) in [5, 5.41) is 22.7. The second-order valence-electron chi connectivity index (χ2n) is 6.22. The second-order valence-corrected chi connectivity index (χ2v) is 6.66. The zero-order valence-corrected chi connectivity index (χ0v) is 15.0. The van der Waals surface area contributed by atoms with Crippen molar-refractivity contribution in [3.05, 3.63) is 46.6 Å². The van der Waals surface area contributed by atoms with E-state index in [2.05, 4.69) is 15.3 Å². The highest BCUT2D eigenvalue weighted by Crippen LogP contribution is 2.34. The molecule has 9 heteroatoms. The molecule has 0 saturated carbocycles. The molecule has 140 valence electrons. The number of halogens is 1. The first-order valence-corrected chi connectivity index (χ1v) is 8.81. The van der Waals surface area contributed by atoms with Gasteiger partial charge in [0.2, 0.25) is 0 Å². The van der Waals surface area contributed by atoms with Crippen molar-refractivity contribution in [2.75, 3.05) is 26.3 Å². The van der Waals surface area contributed by atoms with Crippen LogP contribution < -0.4 is 5.32 Å². The lowest BCUT2D eigenvalue weighted by Crippen LogP contribution is -2.49. The molecular formula is C18H17ClN4O4. The number of carboxylic acid groups (broad SMARTS) is 1. The molecule has 0 aliphatic carbocycles. The molecule has 3 N–H and O–H groups in total. The fourth-order valence-electron chi connectivity index (χ4n) is 3.14. The quantitative estimate of drug-likeness (QED) is 0.706. The molecule has 0 amide bonds. The molecule has 1 aromatic carbocycles. The fourth-order valence-corrected chi connectivity index (χ4v) is 3.39. The van der Waals surface area contributed by atoms with E-state index < -0.39 is 12.0 Å². The molecule has 1 fully saturated rings. The van der Waals surface area contributed by atoms with E-state index in [1.165, 1.54) is 6.08 Å². The van der Waals surface area contributed by atoms with E-state index >= 15 is 0 Å². The molecule has 0 bridgehead atoms. The Morgan fingerprint density at radius 1 is 1.33 bits per heavy atom. The number of ether oxygens (including phenoxy) is 1. The first kappa shape index (κ1) is 17.6. The number of nitrogens with zero attached hydrogens (tertiary/aromatic N) is 3. The van der Waals surface area contributed by atoms with Crippen LogP contribution >= 0.6 is 11.6 Å². The minimum absolute atomic E-state index is 0.0919. The van der Waals surface area contributed by atoms with Crippen LogP contribution in [0.4, 0.5) is 0 Å². The van der Waals surface area contributed by atoms with Crippen LogP contribution in [0.25, 0.3) is 5.70 Å². The summed E-state index contributed by atoms with van der Waals surface area (Å²) in [7, 11) is 0. The Morgan fingerprint density at radius 3 is 2.81 bits per heavy atom. The van der Waals surface area contributed by atoms with Gasteiger partial charge in [-0.25, -0.2) is 14.8 Å². The molecule has 1 atom stereocenters. The van der Waals surface area contributed by atoms with Crippen LogP contribution in [0, 0.1) is 0 Å². The molecule has 0 spiro atoms. The number of hydrogen-bond acceptors (Lipinski definition) is 7. The zero-order valence-electron chi connectivity index (χ0n) is 14.2. The number of morpholine rings is 1. The third-order valence-electron chi connectivity index (χ3n) is 4.44. The van der Waals surface area contributed by atoms with Gasteiger partial charge in [-0.1, -0.05) is 23.7 Å². The minimum atomic E-state index is -1.17. The third kappa shape index (κ3) is 3.41. The van der Waals surface area contributed by atoms with E-state index in [1.807, 2.05) is 4.90 Å². The summed E-state index contributed by atoms with van der Waals surface area (Å²) in [4.78, 5) is 22.4. The number of aromatic hydroxyl groups is 1. The monoisotopic (exact) mass is 388 g/mol. The number of aliphatic imine (C=N–C) groups is 2. The van der Waals surface area contributed by atoms with Gasteiger partial charge >= 0.3 is 5.97 Å². The number of hydrogen-bond donors (Lipinski definition) is 3.